The molecule has 1 aromatic rings. The van der Waals surface area contributed by atoms with E-state index in [0.29, 0.717) is 49.7 Å². The normalized spacial score (nSPS) is 14.9. The molecule has 2 N–H and O–H groups in total. The molecule has 0 bridgehead atoms. The van der Waals surface area contributed by atoms with E-state index in [9.17, 15) is 14.0 Å². The van der Waals surface area contributed by atoms with Crippen LogP contribution in [0.2, 0.25) is 0 Å². The van der Waals surface area contributed by atoms with Gasteiger partial charge < -0.3 is 25.2 Å². The Kier molecular flexibility index (Phi) is 5.71. The zero-order valence-electron chi connectivity index (χ0n) is 15.1. The quantitative estimate of drug-likeness (QED) is 0.815. The molecule has 138 valence electrons. The highest BCUT2D eigenvalue weighted by Crippen LogP contribution is 2.35. The van der Waals surface area contributed by atoms with E-state index < -0.39 is 11.4 Å². The number of nitrogens with one attached hydrogen (secondary N) is 2. The third-order valence-corrected chi connectivity index (χ3v) is 3.81. The minimum absolute atomic E-state index is 0.341. The lowest BCUT2D eigenvalue weighted by Crippen LogP contribution is -2.50. The second-order valence-corrected chi connectivity index (χ2v) is 6.82. The predicted octanol–water partition coefficient (Wildman–Crippen LogP) is 2.49. The van der Waals surface area contributed by atoms with E-state index in [0.717, 1.165) is 0 Å². The number of halogens is 1. The molecule has 2 rings (SSSR count). The Morgan fingerprint density at radius 2 is 1.80 bits per heavy atom. The summed E-state index contributed by atoms with van der Waals surface area (Å²) < 4.78 is 19.1. The summed E-state index contributed by atoms with van der Waals surface area (Å²) in [6.45, 7) is 7.55. The zero-order valence-corrected chi connectivity index (χ0v) is 15.1. The summed E-state index contributed by atoms with van der Waals surface area (Å²) in [5.41, 5.74) is 1.14. The van der Waals surface area contributed by atoms with E-state index >= 15 is 0 Å². The lowest BCUT2D eigenvalue weighted by molar-refractivity contribution is -0.105. The maximum absolute atomic E-state index is 13.7. The van der Waals surface area contributed by atoms with Crippen LogP contribution in [0.5, 0.6) is 0 Å². The fourth-order valence-corrected chi connectivity index (χ4v) is 2.74. The highest BCUT2D eigenvalue weighted by Gasteiger charge is 2.27. The average Bonchev–Trinajstić information content (AvgIpc) is 2.53. The van der Waals surface area contributed by atoms with Gasteiger partial charge in [-0.1, -0.05) is 0 Å². The number of hydrogen-bond acceptors (Lipinski definition) is 5. The molecule has 1 aromatic carbocycles. The van der Waals surface area contributed by atoms with Gasteiger partial charge in [0.1, 0.15) is 11.4 Å². The van der Waals surface area contributed by atoms with Crippen molar-refractivity contribution in [3.8, 4) is 0 Å². The van der Waals surface area contributed by atoms with Gasteiger partial charge in [-0.15, -0.1) is 0 Å². The summed E-state index contributed by atoms with van der Waals surface area (Å²) in [7, 11) is 1.69. The summed E-state index contributed by atoms with van der Waals surface area (Å²) >= 11 is 0. The van der Waals surface area contributed by atoms with Crippen molar-refractivity contribution in [1.29, 1.82) is 0 Å². The molecule has 2 amide bonds. The lowest BCUT2D eigenvalue weighted by atomic mass is 10.1. The van der Waals surface area contributed by atoms with Crippen LogP contribution in [0.15, 0.2) is 12.1 Å². The second kappa shape index (κ2) is 7.58. The number of piperazine rings is 1. The predicted molar refractivity (Wildman–Crippen MR) is 95.7 cm³/mol. The molecule has 0 aliphatic carbocycles. The number of rotatable bonds is 4. The molecule has 25 heavy (non-hydrogen) atoms. The van der Waals surface area contributed by atoms with Gasteiger partial charge in [0.15, 0.2) is 0 Å². The molecule has 0 atom stereocenters. The Morgan fingerprint density at radius 1 is 1.20 bits per heavy atom. The van der Waals surface area contributed by atoms with Crippen LogP contribution in [0, 0.1) is 5.82 Å². The van der Waals surface area contributed by atoms with Crippen molar-refractivity contribution in [1.82, 2.24) is 4.90 Å². The van der Waals surface area contributed by atoms with E-state index in [1.807, 2.05) is 25.7 Å². The number of hydrogen-bond donors (Lipinski definition) is 2. The lowest BCUT2D eigenvalue weighted by Gasteiger charge is -2.38. The highest BCUT2D eigenvalue weighted by atomic mass is 19.1. The first-order valence-corrected chi connectivity index (χ1v) is 8.19. The number of carbonyl (C=O) groups is 2. The maximum Gasteiger partial charge on any atom is 0.410 e. The average molecular weight is 352 g/mol. The third kappa shape index (κ3) is 4.74. The van der Waals surface area contributed by atoms with Gasteiger partial charge in [-0.05, 0) is 32.9 Å². The molecule has 7 nitrogen and oxygen atoms in total. The Bertz CT molecular complexity index is 638. The summed E-state index contributed by atoms with van der Waals surface area (Å²) in [6.07, 6.45) is 0.181. The van der Waals surface area contributed by atoms with Crippen LogP contribution in [0.3, 0.4) is 0 Å². The number of anilines is 3. The number of amides is 2. The van der Waals surface area contributed by atoms with Gasteiger partial charge in [0.2, 0.25) is 6.41 Å². The smallest absolute Gasteiger partial charge is 0.410 e. The van der Waals surface area contributed by atoms with Crippen molar-refractivity contribution in [2.45, 2.75) is 26.4 Å². The van der Waals surface area contributed by atoms with Gasteiger partial charge in [-0.25, -0.2) is 9.18 Å². The van der Waals surface area contributed by atoms with Gasteiger partial charge in [0.05, 0.1) is 17.1 Å². The minimum atomic E-state index is -0.536. The van der Waals surface area contributed by atoms with Crippen molar-refractivity contribution in [3.05, 3.63) is 17.9 Å². The van der Waals surface area contributed by atoms with E-state index in [2.05, 4.69) is 10.6 Å². The Labute approximate surface area is 147 Å². The summed E-state index contributed by atoms with van der Waals surface area (Å²) in [5.74, 6) is -0.440. The van der Waals surface area contributed by atoms with Crippen molar-refractivity contribution in [2.75, 3.05) is 48.8 Å². The standard InChI is InChI=1S/C17H25FN4O3/c1-17(2,3)25-16(24)22-7-5-21(6-8-22)15-13(19-4)9-12(18)10-14(15)20-11-23/h9-11,19H,5-8H2,1-4H3,(H,20,23). The SMILES string of the molecule is CNc1cc(F)cc(NC=O)c1N1CCN(C(=O)OC(C)(C)C)CC1. The summed E-state index contributed by atoms with van der Waals surface area (Å²) in [5, 5.41) is 5.50. The van der Waals surface area contributed by atoms with Crippen molar-refractivity contribution in [2.24, 2.45) is 0 Å². The van der Waals surface area contributed by atoms with Crippen LogP contribution in [-0.2, 0) is 9.53 Å². The maximum atomic E-state index is 13.7. The van der Waals surface area contributed by atoms with Crippen LogP contribution in [0.1, 0.15) is 20.8 Å². The molecular formula is C17H25FN4O3. The van der Waals surface area contributed by atoms with Crippen molar-refractivity contribution in [3.63, 3.8) is 0 Å². The molecule has 1 heterocycles. The molecule has 1 aliphatic rings. The first-order valence-electron chi connectivity index (χ1n) is 8.19. The molecule has 0 saturated carbocycles. The van der Waals surface area contributed by atoms with Crippen LogP contribution in [0.4, 0.5) is 26.2 Å². The Balaban J connectivity index is 2.15. The van der Waals surface area contributed by atoms with Crippen LogP contribution < -0.4 is 15.5 Å². The molecule has 1 saturated heterocycles. The second-order valence-electron chi connectivity index (χ2n) is 6.82. The molecular weight excluding hydrogens is 327 g/mol. The fourth-order valence-electron chi connectivity index (χ4n) is 2.74. The summed E-state index contributed by atoms with van der Waals surface area (Å²) in [6, 6.07) is 2.66. The topological polar surface area (TPSA) is 73.9 Å². The number of ether oxygens (including phenoxy) is 1. The van der Waals surface area contributed by atoms with Crippen molar-refractivity contribution >= 4 is 29.6 Å². The number of nitrogens with zero attached hydrogens (tertiary/aromatic N) is 2. The van der Waals surface area contributed by atoms with Gasteiger partial charge in [0, 0.05) is 33.2 Å². The molecule has 0 unspecified atom stereocenters. The van der Waals surface area contributed by atoms with Crippen molar-refractivity contribution < 1.29 is 18.7 Å². The largest absolute Gasteiger partial charge is 0.444 e. The van der Waals surface area contributed by atoms with Gasteiger partial charge in [-0.2, -0.15) is 0 Å². The molecule has 0 spiro atoms. The zero-order chi connectivity index (χ0) is 18.6. The van der Waals surface area contributed by atoms with E-state index in [4.69, 9.17) is 4.74 Å². The number of benzene rings is 1. The van der Waals surface area contributed by atoms with Gasteiger partial charge in [-0.3, -0.25) is 4.79 Å². The van der Waals surface area contributed by atoms with Crippen LogP contribution >= 0.6 is 0 Å². The Morgan fingerprint density at radius 3 is 2.32 bits per heavy atom. The number of carbonyl (C=O) groups excluding carboxylic acids is 2. The van der Waals surface area contributed by atoms with Crippen LogP contribution in [-0.4, -0.2) is 56.2 Å². The van der Waals surface area contributed by atoms with E-state index in [-0.39, 0.29) is 6.09 Å². The minimum Gasteiger partial charge on any atom is -0.444 e. The molecule has 1 fully saturated rings. The monoisotopic (exact) mass is 352 g/mol. The molecule has 1 aliphatic heterocycles. The van der Waals surface area contributed by atoms with Gasteiger partial charge in [0.25, 0.3) is 0 Å². The third-order valence-electron chi connectivity index (χ3n) is 3.81. The fraction of sp³-hybridized carbons (Fsp3) is 0.529. The first kappa shape index (κ1) is 18.8. The Hall–Kier alpha value is -2.51. The van der Waals surface area contributed by atoms with Crippen LogP contribution in [0.25, 0.3) is 0 Å². The molecule has 0 radical (unpaired) electrons. The highest BCUT2D eigenvalue weighted by molar-refractivity contribution is 5.89. The molecule has 0 aromatic heterocycles. The molecule has 8 heteroatoms. The van der Waals surface area contributed by atoms with E-state index in [1.165, 1.54) is 12.1 Å². The van der Waals surface area contributed by atoms with E-state index in [1.54, 1.807) is 11.9 Å². The summed E-state index contributed by atoms with van der Waals surface area (Å²) in [4.78, 5) is 26.7. The van der Waals surface area contributed by atoms with Gasteiger partial charge >= 0.3 is 6.09 Å². The first-order chi connectivity index (χ1) is 11.7.